The molecule has 0 fully saturated rings. The van der Waals surface area contributed by atoms with Crippen LogP contribution in [0.2, 0.25) is 0 Å². The van der Waals surface area contributed by atoms with Gasteiger partial charge in [-0.3, -0.25) is 4.79 Å². The maximum Gasteiger partial charge on any atom is 0.221 e. The van der Waals surface area contributed by atoms with Crippen molar-refractivity contribution in [3.05, 3.63) is 36.5 Å². The SMILES string of the molecule is CCCC(N)CC(=O)NCCCn1ccc2ccccc21. The van der Waals surface area contributed by atoms with Crippen molar-refractivity contribution in [3.63, 3.8) is 0 Å². The van der Waals surface area contributed by atoms with E-state index in [1.54, 1.807) is 0 Å². The second kappa shape index (κ2) is 7.84. The molecule has 3 N–H and O–H groups in total. The number of benzene rings is 1. The molecule has 1 unspecified atom stereocenters. The fourth-order valence-electron chi connectivity index (χ4n) is 2.60. The quantitative estimate of drug-likeness (QED) is 0.733. The summed E-state index contributed by atoms with van der Waals surface area (Å²) in [5, 5.41) is 4.21. The van der Waals surface area contributed by atoms with Gasteiger partial charge in [0.05, 0.1) is 0 Å². The van der Waals surface area contributed by atoms with Gasteiger partial charge in [-0.1, -0.05) is 31.5 Å². The molecule has 1 aromatic heterocycles. The Morgan fingerprint density at radius 2 is 2.14 bits per heavy atom. The molecule has 0 aliphatic carbocycles. The van der Waals surface area contributed by atoms with Crippen LogP contribution in [0.4, 0.5) is 0 Å². The van der Waals surface area contributed by atoms with Gasteiger partial charge in [-0.15, -0.1) is 0 Å². The van der Waals surface area contributed by atoms with E-state index in [-0.39, 0.29) is 11.9 Å². The second-order valence-corrected chi connectivity index (χ2v) is 5.52. The Hall–Kier alpha value is -1.81. The first kappa shape index (κ1) is 15.6. The lowest BCUT2D eigenvalue weighted by atomic mass is 10.1. The number of para-hydroxylation sites is 1. The number of hydrogen-bond acceptors (Lipinski definition) is 2. The molecule has 1 aromatic carbocycles. The smallest absolute Gasteiger partial charge is 0.221 e. The molecule has 0 bridgehead atoms. The first-order valence-corrected chi connectivity index (χ1v) is 7.77. The molecular weight excluding hydrogens is 262 g/mol. The molecule has 0 spiro atoms. The highest BCUT2D eigenvalue weighted by Crippen LogP contribution is 2.15. The van der Waals surface area contributed by atoms with Crippen LogP contribution in [0.3, 0.4) is 0 Å². The summed E-state index contributed by atoms with van der Waals surface area (Å²) >= 11 is 0. The third-order valence-electron chi connectivity index (χ3n) is 3.69. The topological polar surface area (TPSA) is 60.1 Å². The van der Waals surface area contributed by atoms with Crippen molar-refractivity contribution in [2.45, 2.75) is 45.2 Å². The normalized spacial score (nSPS) is 12.5. The largest absolute Gasteiger partial charge is 0.356 e. The maximum absolute atomic E-state index is 11.7. The summed E-state index contributed by atoms with van der Waals surface area (Å²) in [5.74, 6) is 0.0633. The highest BCUT2D eigenvalue weighted by molar-refractivity contribution is 5.79. The number of rotatable bonds is 8. The van der Waals surface area contributed by atoms with E-state index in [1.165, 1.54) is 10.9 Å². The molecule has 0 saturated heterocycles. The average Bonchev–Trinajstić information content (AvgIpc) is 2.87. The Morgan fingerprint density at radius 3 is 2.95 bits per heavy atom. The van der Waals surface area contributed by atoms with Crippen LogP contribution >= 0.6 is 0 Å². The van der Waals surface area contributed by atoms with Crippen LogP contribution < -0.4 is 11.1 Å². The number of hydrogen-bond donors (Lipinski definition) is 2. The first-order valence-electron chi connectivity index (χ1n) is 7.77. The van der Waals surface area contributed by atoms with Crippen molar-refractivity contribution in [2.24, 2.45) is 5.73 Å². The third kappa shape index (κ3) is 4.60. The van der Waals surface area contributed by atoms with Crippen LogP contribution in [0.15, 0.2) is 36.5 Å². The van der Waals surface area contributed by atoms with E-state index < -0.39 is 0 Å². The zero-order chi connectivity index (χ0) is 15.1. The van der Waals surface area contributed by atoms with Crippen LogP contribution in [-0.2, 0) is 11.3 Å². The summed E-state index contributed by atoms with van der Waals surface area (Å²) in [5.41, 5.74) is 7.11. The van der Waals surface area contributed by atoms with Gasteiger partial charge in [0.2, 0.25) is 5.91 Å². The summed E-state index contributed by atoms with van der Waals surface area (Å²) in [6.07, 6.45) is 5.38. The van der Waals surface area contributed by atoms with Crippen molar-refractivity contribution >= 4 is 16.8 Å². The number of aryl methyl sites for hydroxylation is 1. The van der Waals surface area contributed by atoms with E-state index in [1.807, 2.05) is 6.07 Å². The van der Waals surface area contributed by atoms with Crippen molar-refractivity contribution in [1.82, 2.24) is 9.88 Å². The summed E-state index contributed by atoms with van der Waals surface area (Å²) in [6.45, 7) is 3.69. The zero-order valence-corrected chi connectivity index (χ0v) is 12.7. The van der Waals surface area contributed by atoms with Gasteiger partial charge < -0.3 is 15.6 Å². The summed E-state index contributed by atoms with van der Waals surface area (Å²) in [6, 6.07) is 10.4. The van der Waals surface area contributed by atoms with E-state index in [0.717, 1.165) is 25.8 Å². The summed E-state index contributed by atoms with van der Waals surface area (Å²) in [7, 11) is 0. The Balaban J connectivity index is 1.71. The lowest BCUT2D eigenvalue weighted by molar-refractivity contribution is -0.121. The standard InChI is InChI=1S/C17H25N3O/c1-2-6-15(18)13-17(21)19-10-5-11-20-12-9-14-7-3-4-8-16(14)20/h3-4,7-9,12,15H,2,5-6,10-11,13,18H2,1H3,(H,19,21). The van der Waals surface area contributed by atoms with Crippen LogP contribution in [0.1, 0.15) is 32.6 Å². The number of nitrogens with zero attached hydrogens (tertiary/aromatic N) is 1. The van der Waals surface area contributed by atoms with Gasteiger partial charge in [0, 0.05) is 37.3 Å². The van der Waals surface area contributed by atoms with Gasteiger partial charge in [0.15, 0.2) is 0 Å². The van der Waals surface area contributed by atoms with Gasteiger partial charge in [0.25, 0.3) is 0 Å². The molecule has 0 aliphatic rings. The molecule has 4 heteroatoms. The lowest BCUT2D eigenvalue weighted by Gasteiger charge is -2.11. The van der Waals surface area contributed by atoms with E-state index in [0.29, 0.717) is 13.0 Å². The van der Waals surface area contributed by atoms with E-state index in [9.17, 15) is 4.79 Å². The molecule has 1 atom stereocenters. The third-order valence-corrected chi connectivity index (χ3v) is 3.69. The lowest BCUT2D eigenvalue weighted by Crippen LogP contribution is -2.32. The molecule has 0 aliphatic heterocycles. The molecule has 4 nitrogen and oxygen atoms in total. The van der Waals surface area contributed by atoms with E-state index >= 15 is 0 Å². The highest BCUT2D eigenvalue weighted by Gasteiger charge is 2.07. The molecule has 1 heterocycles. The first-order chi connectivity index (χ1) is 10.2. The van der Waals surface area contributed by atoms with Gasteiger partial charge in [-0.2, -0.15) is 0 Å². The predicted molar refractivity (Wildman–Crippen MR) is 87.1 cm³/mol. The minimum absolute atomic E-state index is 0.0107. The number of nitrogens with one attached hydrogen (secondary N) is 1. The maximum atomic E-state index is 11.7. The molecule has 1 amide bonds. The monoisotopic (exact) mass is 287 g/mol. The summed E-state index contributed by atoms with van der Waals surface area (Å²) < 4.78 is 2.23. The molecule has 0 saturated carbocycles. The average molecular weight is 287 g/mol. The second-order valence-electron chi connectivity index (χ2n) is 5.52. The van der Waals surface area contributed by atoms with Gasteiger partial charge in [-0.25, -0.2) is 0 Å². The van der Waals surface area contributed by atoms with E-state index in [4.69, 9.17) is 5.73 Å². The number of nitrogens with two attached hydrogens (primary N) is 1. The van der Waals surface area contributed by atoms with Crippen LogP contribution in [0.5, 0.6) is 0 Å². The van der Waals surface area contributed by atoms with Crippen molar-refractivity contribution < 1.29 is 4.79 Å². The molecule has 0 radical (unpaired) electrons. The minimum atomic E-state index is -0.0107. The fourth-order valence-corrected chi connectivity index (χ4v) is 2.60. The predicted octanol–water partition coefficient (Wildman–Crippen LogP) is 2.67. The number of carbonyl (C=O) groups excluding carboxylic acids is 1. The van der Waals surface area contributed by atoms with Gasteiger partial charge in [-0.05, 0) is 30.4 Å². The minimum Gasteiger partial charge on any atom is -0.356 e. The van der Waals surface area contributed by atoms with Crippen molar-refractivity contribution in [1.29, 1.82) is 0 Å². The highest BCUT2D eigenvalue weighted by atomic mass is 16.1. The van der Waals surface area contributed by atoms with Crippen LogP contribution in [0.25, 0.3) is 10.9 Å². The zero-order valence-electron chi connectivity index (χ0n) is 12.7. The summed E-state index contributed by atoms with van der Waals surface area (Å²) in [4.78, 5) is 11.7. The van der Waals surface area contributed by atoms with Gasteiger partial charge in [0.1, 0.15) is 0 Å². The number of amides is 1. The van der Waals surface area contributed by atoms with Crippen molar-refractivity contribution in [2.75, 3.05) is 6.54 Å². The Morgan fingerprint density at radius 1 is 1.33 bits per heavy atom. The molecule has 2 rings (SSSR count). The van der Waals surface area contributed by atoms with Crippen molar-refractivity contribution in [3.8, 4) is 0 Å². The number of aromatic nitrogens is 1. The molecule has 114 valence electrons. The van der Waals surface area contributed by atoms with Gasteiger partial charge >= 0.3 is 0 Å². The number of fused-ring (bicyclic) bond motifs is 1. The Kier molecular flexibility index (Phi) is 5.81. The fraction of sp³-hybridized carbons (Fsp3) is 0.471. The van der Waals surface area contributed by atoms with Crippen LogP contribution in [-0.4, -0.2) is 23.1 Å². The molecule has 2 aromatic rings. The van der Waals surface area contributed by atoms with Crippen LogP contribution in [0, 0.1) is 0 Å². The number of carbonyl (C=O) groups is 1. The Labute approximate surface area is 126 Å². The van der Waals surface area contributed by atoms with E-state index in [2.05, 4.69) is 47.3 Å². The Bertz CT molecular complexity index is 576. The molecular formula is C17H25N3O. The molecule has 21 heavy (non-hydrogen) atoms.